The molecule has 0 aromatic heterocycles. The number of anilines is 2. The molecule has 3 heteroatoms. The van der Waals surface area contributed by atoms with E-state index in [1.165, 1.54) is 29.9 Å². The first-order valence-electron chi connectivity index (χ1n) is 6.29. The third kappa shape index (κ3) is 2.91. The minimum atomic E-state index is 0.601. The molecule has 1 fully saturated rings. The van der Waals surface area contributed by atoms with Crippen LogP contribution < -0.4 is 10.2 Å². The van der Waals surface area contributed by atoms with Crippen LogP contribution >= 0.6 is 0 Å². The molecule has 1 aliphatic rings. The molecule has 0 bridgehead atoms. The van der Waals surface area contributed by atoms with Gasteiger partial charge in [-0.2, -0.15) is 0 Å². The minimum Gasteiger partial charge on any atom is -0.381 e. The van der Waals surface area contributed by atoms with E-state index in [0.29, 0.717) is 6.04 Å². The highest BCUT2D eigenvalue weighted by atomic mass is 15.2. The lowest BCUT2D eigenvalue weighted by atomic mass is 10.1. The smallest absolute Gasteiger partial charge is 0.0400 e. The largest absolute Gasteiger partial charge is 0.381 e. The molecule has 3 nitrogen and oxygen atoms in total. The first-order valence-corrected chi connectivity index (χ1v) is 6.29. The molecule has 1 aromatic carbocycles. The Morgan fingerprint density at radius 1 is 1.35 bits per heavy atom. The Bertz CT molecular complexity index is 387. The van der Waals surface area contributed by atoms with Crippen molar-refractivity contribution in [1.29, 1.82) is 0 Å². The molecular formula is C14H23N3. The van der Waals surface area contributed by atoms with Gasteiger partial charge in [0.25, 0.3) is 0 Å². The van der Waals surface area contributed by atoms with Gasteiger partial charge in [-0.25, -0.2) is 0 Å². The molecule has 0 saturated carbocycles. The van der Waals surface area contributed by atoms with Gasteiger partial charge in [-0.05, 0) is 50.7 Å². The molecule has 0 amide bonds. The molecule has 1 aliphatic heterocycles. The fraction of sp³-hybridized carbons (Fsp3) is 0.571. The fourth-order valence-electron chi connectivity index (χ4n) is 2.36. The lowest BCUT2D eigenvalue weighted by Gasteiger charge is -2.19. The normalized spacial score (nSPS) is 20.6. The summed E-state index contributed by atoms with van der Waals surface area (Å²) >= 11 is 0. The van der Waals surface area contributed by atoms with E-state index in [1.807, 2.05) is 0 Å². The van der Waals surface area contributed by atoms with Crippen LogP contribution in [-0.4, -0.2) is 45.2 Å². The lowest BCUT2D eigenvalue weighted by Crippen LogP contribution is -2.23. The topological polar surface area (TPSA) is 18.5 Å². The van der Waals surface area contributed by atoms with Crippen LogP contribution in [0.15, 0.2) is 18.2 Å². The molecule has 1 atom stereocenters. The number of nitrogens with zero attached hydrogens (tertiary/aromatic N) is 2. The fourth-order valence-corrected chi connectivity index (χ4v) is 2.36. The van der Waals surface area contributed by atoms with Gasteiger partial charge in [0.15, 0.2) is 0 Å². The number of hydrogen-bond acceptors (Lipinski definition) is 3. The summed E-state index contributed by atoms with van der Waals surface area (Å²) in [5.41, 5.74) is 3.86. The number of aryl methyl sites for hydroxylation is 1. The first-order chi connectivity index (χ1) is 8.06. The van der Waals surface area contributed by atoms with Crippen LogP contribution in [-0.2, 0) is 0 Å². The second kappa shape index (κ2) is 4.96. The number of rotatable bonds is 3. The van der Waals surface area contributed by atoms with Crippen LogP contribution in [0.4, 0.5) is 11.4 Å². The van der Waals surface area contributed by atoms with Crippen molar-refractivity contribution in [1.82, 2.24) is 4.90 Å². The van der Waals surface area contributed by atoms with E-state index in [-0.39, 0.29) is 0 Å². The summed E-state index contributed by atoms with van der Waals surface area (Å²) in [5, 5.41) is 3.65. The highest BCUT2D eigenvalue weighted by molar-refractivity contribution is 5.60. The summed E-state index contributed by atoms with van der Waals surface area (Å²) in [6, 6.07) is 7.21. The summed E-state index contributed by atoms with van der Waals surface area (Å²) in [6.07, 6.45) is 1.24. The summed E-state index contributed by atoms with van der Waals surface area (Å²) in [6.45, 7) is 4.52. The second-order valence-electron chi connectivity index (χ2n) is 5.29. The molecule has 1 N–H and O–H groups in total. The maximum Gasteiger partial charge on any atom is 0.0400 e. The van der Waals surface area contributed by atoms with Gasteiger partial charge in [-0.3, -0.25) is 0 Å². The highest BCUT2D eigenvalue weighted by Crippen LogP contribution is 2.23. The van der Waals surface area contributed by atoms with Gasteiger partial charge >= 0.3 is 0 Å². The van der Waals surface area contributed by atoms with Gasteiger partial charge in [0.2, 0.25) is 0 Å². The molecule has 94 valence electrons. The minimum absolute atomic E-state index is 0.601. The van der Waals surface area contributed by atoms with Gasteiger partial charge in [0.1, 0.15) is 0 Å². The monoisotopic (exact) mass is 233 g/mol. The summed E-state index contributed by atoms with van der Waals surface area (Å²) in [5.74, 6) is 0. The van der Waals surface area contributed by atoms with Crippen molar-refractivity contribution < 1.29 is 0 Å². The Morgan fingerprint density at radius 2 is 2.12 bits per heavy atom. The van der Waals surface area contributed by atoms with Gasteiger partial charge < -0.3 is 15.1 Å². The Morgan fingerprint density at radius 3 is 2.65 bits per heavy atom. The van der Waals surface area contributed by atoms with Gasteiger partial charge in [-0.15, -0.1) is 0 Å². The maximum atomic E-state index is 3.65. The van der Waals surface area contributed by atoms with E-state index in [9.17, 15) is 0 Å². The molecular weight excluding hydrogens is 210 g/mol. The SMILES string of the molecule is Cc1cc(N(C)C)ccc1NC1CCN(C)C1. The third-order valence-electron chi connectivity index (χ3n) is 3.48. The molecule has 0 radical (unpaired) electrons. The van der Waals surface area contributed by atoms with Crippen LogP contribution in [0.1, 0.15) is 12.0 Å². The lowest BCUT2D eigenvalue weighted by molar-refractivity contribution is 0.414. The van der Waals surface area contributed by atoms with Crippen molar-refractivity contribution in [2.75, 3.05) is 44.4 Å². The Balaban J connectivity index is 2.06. The Labute approximate surface area is 104 Å². The zero-order valence-corrected chi connectivity index (χ0v) is 11.3. The maximum absolute atomic E-state index is 3.65. The van der Waals surface area contributed by atoms with Crippen molar-refractivity contribution in [3.63, 3.8) is 0 Å². The van der Waals surface area contributed by atoms with Crippen molar-refractivity contribution in [3.8, 4) is 0 Å². The van der Waals surface area contributed by atoms with Crippen LogP contribution in [0.25, 0.3) is 0 Å². The van der Waals surface area contributed by atoms with Crippen molar-refractivity contribution in [2.24, 2.45) is 0 Å². The van der Waals surface area contributed by atoms with Crippen molar-refractivity contribution in [3.05, 3.63) is 23.8 Å². The van der Waals surface area contributed by atoms with Crippen molar-refractivity contribution >= 4 is 11.4 Å². The summed E-state index contributed by atoms with van der Waals surface area (Å²) in [7, 11) is 6.34. The number of nitrogens with one attached hydrogen (secondary N) is 1. The number of hydrogen-bond donors (Lipinski definition) is 1. The zero-order valence-electron chi connectivity index (χ0n) is 11.3. The van der Waals surface area contributed by atoms with E-state index in [4.69, 9.17) is 0 Å². The molecule has 0 aliphatic carbocycles. The molecule has 1 aromatic rings. The van der Waals surface area contributed by atoms with Crippen LogP contribution in [0.3, 0.4) is 0 Å². The highest BCUT2D eigenvalue weighted by Gasteiger charge is 2.19. The van der Waals surface area contributed by atoms with E-state index in [1.54, 1.807) is 0 Å². The molecule has 1 saturated heterocycles. The zero-order chi connectivity index (χ0) is 12.4. The van der Waals surface area contributed by atoms with Gasteiger partial charge in [0.05, 0.1) is 0 Å². The summed E-state index contributed by atoms with van der Waals surface area (Å²) in [4.78, 5) is 4.52. The predicted octanol–water partition coefficient (Wildman–Crippen LogP) is 2.18. The predicted molar refractivity (Wildman–Crippen MR) is 75.0 cm³/mol. The van der Waals surface area contributed by atoms with E-state index < -0.39 is 0 Å². The number of benzene rings is 1. The molecule has 1 heterocycles. The number of likely N-dealkylation sites (N-methyl/N-ethyl adjacent to an activating group) is 1. The van der Waals surface area contributed by atoms with E-state index in [2.05, 4.69) is 61.4 Å². The molecule has 1 unspecified atom stereocenters. The van der Waals surface area contributed by atoms with Crippen LogP contribution in [0.5, 0.6) is 0 Å². The Hall–Kier alpha value is -1.22. The van der Waals surface area contributed by atoms with E-state index in [0.717, 1.165) is 6.54 Å². The van der Waals surface area contributed by atoms with Crippen molar-refractivity contribution in [2.45, 2.75) is 19.4 Å². The quantitative estimate of drug-likeness (QED) is 0.863. The van der Waals surface area contributed by atoms with E-state index >= 15 is 0 Å². The third-order valence-corrected chi connectivity index (χ3v) is 3.48. The average molecular weight is 233 g/mol. The summed E-state index contributed by atoms with van der Waals surface area (Å²) < 4.78 is 0. The van der Waals surface area contributed by atoms with Gasteiger partial charge in [-0.1, -0.05) is 0 Å². The standard InChI is InChI=1S/C14H23N3/c1-11-9-13(16(2)3)5-6-14(11)15-12-7-8-17(4)10-12/h5-6,9,12,15H,7-8,10H2,1-4H3. The van der Waals surface area contributed by atoms with Crippen LogP contribution in [0, 0.1) is 6.92 Å². The average Bonchev–Trinajstić information content (AvgIpc) is 2.67. The molecule has 17 heavy (non-hydrogen) atoms. The number of likely N-dealkylation sites (tertiary alicyclic amines) is 1. The Kier molecular flexibility index (Phi) is 3.57. The van der Waals surface area contributed by atoms with Gasteiger partial charge in [0, 0.05) is 38.1 Å². The van der Waals surface area contributed by atoms with Crippen LogP contribution in [0.2, 0.25) is 0 Å². The molecule has 2 rings (SSSR count). The first kappa shape index (κ1) is 12.2. The second-order valence-corrected chi connectivity index (χ2v) is 5.29. The molecule has 0 spiro atoms.